The van der Waals surface area contributed by atoms with Gasteiger partial charge in [0.2, 0.25) is 0 Å². The van der Waals surface area contributed by atoms with Crippen LogP contribution in [0.1, 0.15) is 41.9 Å². The summed E-state index contributed by atoms with van der Waals surface area (Å²) in [4.78, 5) is 21.0. The van der Waals surface area contributed by atoms with Crippen LogP contribution in [-0.4, -0.2) is 24.1 Å². The number of hydrogen-bond donors (Lipinski definition) is 1. The molecule has 2 heterocycles. The van der Waals surface area contributed by atoms with Crippen LogP contribution in [-0.2, 0) is 9.57 Å². The standard InChI is InChI=1S/C11H16N2O3S/c1-6(2)7-4-9(16-13-7)10-12-8(5-17-10)11(14)15-3/h5-7,9,13H,4H2,1-3H3/t7-,9-/m1/s1. The maximum absolute atomic E-state index is 11.3. The van der Waals surface area contributed by atoms with Crippen LogP contribution in [0.25, 0.3) is 0 Å². The Balaban J connectivity index is 2.04. The van der Waals surface area contributed by atoms with E-state index in [1.165, 1.54) is 18.4 Å². The fourth-order valence-electron chi connectivity index (χ4n) is 1.69. The van der Waals surface area contributed by atoms with Crippen LogP contribution in [0.2, 0.25) is 0 Å². The minimum Gasteiger partial charge on any atom is -0.464 e. The Bertz CT molecular complexity index is 405. The predicted molar refractivity (Wildman–Crippen MR) is 63.7 cm³/mol. The molecular weight excluding hydrogens is 240 g/mol. The maximum Gasteiger partial charge on any atom is 0.357 e. The number of hydroxylamine groups is 1. The molecular formula is C11H16N2O3S. The summed E-state index contributed by atoms with van der Waals surface area (Å²) in [5.41, 5.74) is 3.36. The predicted octanol–water partition coefficient (Wildman–Crippen LogP) is 1.92. The molecule has 0 unspecified atom stereocenters. The molecule has 2 atom stereocenters. The van der Waals surface area contributed by atoms with Gasteiger partial charge in [0.15, 0.2) is 5.69 Å². The van der Waals surface area contributed by atoms with Crippen molar-refractivity contribution in [1.82, 2.24) is 10.5 Å². The van der Waals surface area contributed by atoms with Crippen LogP contribution in [0.3, 0.4) is 0 Å². The lowest BCUT2D eigenvalue weighted by Gasteiger charge is -2.10. The van der Waals surface area contributed by atoms with E-state index in [0.29, 0.717) is 17.7 Å². The second-order valence-electron chi connectivity index (χ2n) is 4.37. The van der Waals surface area contributed by atoms with E-state index in [0.717, 1.165) is 11.4 Å². The molecule has 2 rings (SSSR count). The van der Waals surface area contributed by atoms with Crippen LogP contribution in [0.5, 0.6) is 0 Å². The van der Waals surface area contributed by atoms with Crippen LogP contribution in [0, 0.1) is 5.92 Å². The van der Waals surface area contributed by atoms with Crippen molar-refractivity contribution in [3.63, 3.8) is 0 Å². The van der Waals surface area contributed by atoms with Crippen molar-refractivity contribution in [2.45, 2.75) is 32.4 Å². The number of thiazole rings is 1. The molecule has 0 spiro atoms. The summed E-state index contributed by atoms with van der Waals surface area (Å²) >= 11 is 1.43. The lowest BCUT2D eigenvalue weighted by Crippen LogP contribution is -2.25. The maximum atomic E-state index is 11.3. The monoisotopic (exact) mass is 256 g/mol. The Morgan fingerprint density at radius 2 is 2.47 bits per heavy atom. The summed E-state index contributed by atoms with van der Waals surface area (Å²) in [6, 6.07) is 0.338. The van der Waals surface area contributed by atoms with Crippen molar-refractivity contribution in [2.24, 2.45) is 5.92 Å². The Morgan fingerprint density at radius 1 is 1.71 bits per heavy atom. The number of nitrogens with one attached hydrogen (secondary N) is 1. The molecule has 1 aliphatic rings. The molecule has 5 nitrogen and oxygen atoms in total. The molecule has 17 heavy (non-hydrogen) atoms. The lowest BCUT2D eigenvalue weighted by molar-refractivity contribution is 0.0216. The number of esters is 1. The van der Waals surface area contributed by atoms with E-state index in [2.05, 4.69) is 29.0 Å². The summed E-state index contributed by atoms with van der Waals surface area (Å²) < 4.78 is 4.62. The Kier molecular flexibility index (Phi) is 3.76. The normalized spacial score (nSPS) is 24.2. The molecule has 6 heteroatoms. The second-order valence-corrected chi connectivity index (χ2v) is 5.26. The smallest absolute Gasteiger partial charge is 0.357 e. The van der Waals surface area contributed by atoms with Crippen LogP contribution in [0.4, 0.5) is 0 Å². The minimum atomic E-state index is -0.404. The van der Waals surface area contributed by atoms with E-state index >= 15 is 0 Å². The zero-order valence-corrected chi connectivity index (χ0v) is 10.9. The molecule has 1 saturated heterocycles. The lowest BCUT2D eigenvalue weighted by atomic mass is 10.0. The molecule has 0 aliphatic carbocycles. The van der Waals surface area contributed by atoms with E-state index in [-0.39, 0.29) is 6.10 Å². The third kappa shape index (κ3) is 2.65. The Hall–Kier alpha value is -0.980. The van der Waals surface area contributed by atoms with Crippen molar-refractivity contribution in [1.29, 1.82) is 0 Å². The topological polar surface area (TPSA) is 60.5 Å². The summed E-state index contributed by atoms with van der Waals surface area (Å²) in [5, 5.41) is 2.52. The molecule has 0 radical (unpaired) electrons. The van der Waals surface area contributed by atoms with Crippen LogP contribution in [0.15, 0.2) is 5.38 Å². The number of nitrogens with zero attached hydrogens (tertiary/aromatic N) is 1. The van der Waals surface area contributed by atoms with Crippen molar-refractivity contribution in [3.05, 3.63) is 16.1 Å². The van der Waals surface area contributed by atoms with Gasteiger partial charge in [-0.3, -0.25) is 4.84 Å². The van der Waals surface area contributed by atoms with Gasteiger partial charge < -0.3 is 4.74 Å². The van der Waals surface area contributed by atoms with Crippen LogP contribution < -0.4 is 5.48 Å². The van der Waals surface area contributed by atoms with E-state index in [1.54, 1.807) is 5.38 Å². The molecule has 0 bridgehead atoms. The summed E-state index contributed by atoms with van der Waals surface area (Å²) in [7, 11) is 1.35. The van der Waals surface area contributed by atoms with Crippen molar-refractivity contribution in [3.8, 4) is 0 Å². The summed E-state index contributed by atoms with van der Waals surface area (Å²) in [5.74, 6) is 0.110. The molecule has 0 saturated carbocycles. The Morgan fingerprint density at radius 3 is 3.06 bits per heavy atom. The van der Waals surface area contributed by atoms with Gasteiger partial charge in [-0.15, -0.1) is 11.3 Å². The average molecular weight is 256 g/mol. The zero-order valence-electron chi connectivity index (χ0n) is 10.1. The van der Waals surface area contributed by atoms with Gasteiger partial charge in [-0.05, 0) is 12.3 Å². The van der Waals surface area contributed by atoms with Gasteiger partial charge in [-0.1, -0.05) is 13.8 Å². The van der Waals surface area contributed by atoms with Crippen molar-refractivity contribution in [2.75, 3.05) is 7.11 Å². The van der Waals surface area contributed by atoms with Gasteiger partial charge in [-0.25, -0.2) is 9.78 Å². The number of methoxy groups -OCH3 is 1. The average Bonchev–Trinajstić information content (AvgIpc) is 2.95. The number of ether oxygens (including phenoxy) is 1. The third-order valence-corrected chi connectivity index (χ3v) is 3.76. The van der Waals surface area contributed by atoms with Crippen molar-refractivity contribution < 1.29 is 14.4 Å². The SMILES string of the molecule is COC(=O)c1csc([C@H]2C[C@H](C(C)C)NO2)n1. The zero-order chi connectivity index (χ0) is 12.4. The van der Waals surface area contributed by atoms with Crippen molar-refractivity contribution >= 4 is 17.3 Å². The number of rotatable bonds is 3. The highest BCUT2D eigenvalue weighted by atomic mass is 32.1. The van der Waals surface area contributed by atoms with Gasteiger partial charge >= 0.3 is 5.97 Å². The molecule has 1 fully saturated rings. The van der Waals surface area contributed by atoms with Gasteiger partial charge in [-0.2, -0.15) is 5.48 Å². The number of hydrogen-bond acceptors (Lipinski definition) is 6. The van der Waals surface area contributed by atoms with E-state index < -0.39 is 5.97 Å². The largest absolute Gasteiger partial charge is 0.464 e. The van der Waals surface area contributed by atoms with Gasteiger partial charge in [0, 0.05) is 11.4 Å². The van der Waals surface area contributed by atoms with Gasteiger partial charge in [0.1, 0.15) is 11.1 Å². The number of carbonyl (C=O) groups excluding carboxylic acids is 1. The van der Waals surface area contributed by atoms with Gasteiger partial charge in [0.25, 0.3) is 0 Å². The molecule has 0 amide bonds. The third-order valence-electron chi connectivity index (χ3n) is 2.83. The quantitative estimate of drug-likeness (QED) is 0.837. The molecule has 1 N–H and O–H groups in total. The molecule has 1 aromatic rings. The van der Waals surface area contributed by atoms with E-state index in [9.17, 15) is 4.79 Å². The second kappa shape index (κ2) is 5.12. The highest BCUT2D eigenvalue weighted by molar-refractivity contribution is 7.09. The first kappa shape index (κ1) is 12.5. The molecule has 94 valence electrons. The molecule has 0 aromatic carbocycles. The summed E-state index contributed by atoms with van der Waals surface area (Å²) in [6.07, 6.45) is 0.817. The highest BCUT2D eigenvalue weighted by Gasteiger charge is 2.31. The van der Waals surface area contributed by atoms with E-state index in [1.807, 2.05) is 0 Å². The molecule has 1 aliphatic heterocycles. The molecule has 1 aromatic heterocycles. The number of carbonyl (C=O) groups is 1. The van der Waals surface area contributed by atoms with Crippen LogP contribution >= 0.6 is 11.3 Å². The minimum absolute atomic E-state index is 0.0641. The highest BCUT2D eigenvalue weighted by Crippen LogP contribution is 2.31. The van der Waals surface area contributed by atoms with Gasteiger partial charge in [0.05, 0.1) is 7.11 Å². The Labute approximate surface area is 104 Å². The fraction of sp³-hybridized carbons (Fsp3) is 0.636. The first-order valence-corrected chi connectivity index (χ1v) is 6.44. The number of aromatic nitrogens is 1. The first-order chi connectivity index (χ1) is 8.11. The summed E-state index contributed by atoms with van der Waals surface area (Å²) in [6.45, 7) is 4.29. The van der Waals surface area contributed by atoms with E-state index in [4.69, 9.17) is 4.84 Å². The first-order valence-electron chi connectivity index (χ1n) is 5.56. The fourth-order valence-corrected chi connectivity index (χ4v) is 2.52.